The molecule has 0 atom stereocenters. The van der Waals surface area contributed by atoms with Crippen molar-refractivity contribution in [1.82, 2.24) is 0 Å². The van der Waals surface area contributed by atoms with E-state index < -0.39 is 0 Å². The lowest BCUT2D eigenvalue weighted by Crippen LogP contribution is -2.12. The van der Waals surface area contributed by atoms with Crippen LogP contribution in [0.4, 0.5) is 11.4 Å². The van der Waals surface area contributed by atoms with Crippen LogP contribution < -0.4 is 11.1 Å². The first kappa shape index (κ1) is 13.9. The number of benzene rings is 2. The smallest absolute Gasteiger partial charge is 0.255 e. The van der Waals surface area contributed by atoms with Crippen LogP contribution >= 0.6 is 27.5 Å². The van der Waals surface area contributed by atoms with Gasteiger partial charge >= 0.3 is 0 Å². The van der Waals surface area contributed by atoms with E-state index >= 15 is 0 Å². The molecule has 0 aliphatic rings. The molecule has 0 heterocycles. The lowest BCUT2D eigenvalue weighted by atomic mass is 10.1. The Labute approximate surface area is 124 Å². The average Bonchev–Trinajstić information content (AvgIpc) is 2.38. The molecule has 3 nitrogen and oxygen atoms in total. The summed E-state index contributed by atoms with van der Waals surface area (Å²) in [6.45, 7) is 1.89. The van der Waals surface area contributed by atoms with E-state index in [9.17, 15) is 4.79 Å². The Morgan fingerprint density at radius 3 is 2.74 bits per heavy atom. The van der Waals surface area contributed by atoms with Crippen LogP contribution in [0.15, 0.2) is 40.9 Å². The zero-order valence-electron chi connectivity index (χ0n) is 10.2. The molecular weight excluding hydrogens is 328 g/mol. The topological polar surface area (TPSA) is 55.1 Å². The maximum atomic E-state index is 12.1. The fourth-order valence-corrected chi connectivity index (χ4v) is 2.11. The fourth-order valence-electron chi connectivity index (χ4n) is 1.58. The number of hydrogen-bond acceptors (Lipinski definition) is 2. The van der Waals surface area contributed by atoms with Gasteiger partial charge in [-0.25, -0.2) is 0 Å². The molecule has 0 fully saturated rings. The lowest BCUT2D eigenvalue weighted by Gasteiger charge is -2.09. The van der Waals surface area contributed by atoms with Crippen molar-refractivity contribution in [3.8, 4) is 0 Å². The maximum Gasteiger partial charge on any atom is 0.255 e. The van der Waals surface area contributed by atoms with Gasteiger partial charge in [-0.05, 0) is 52.7 Å². The predicted octanol–water partition coefficient (Wildman–Crippen LogP) is 4.25. The van der Waals surface area contributed by atoms with Crippen LogP contribution in [-0.2, 0) is 0 Å². The third-order valence-electron chi connectivity index (χ3n) is 2.74. The van der Waals surface area contributed by atoms with E-state index in [0.717, 1.165) is 5.56 Å². The molecule has 0 aliphatic carbocycles. The fraction of sp³-hybridized carbons (Fsp3) is 0.0714. The van der Waals surface area contributed by atoms with Gasteiger partial charge < -0.3 is 11.1 Å². The monoisotopic (exact) mass is 338 g/mol. The van der Waals surface area contributed by atoms with Crippen molar-refractivity contribution in [2.24, 2.45) is 0 Å². The Morgan fingerprint density at radius 2 is 2.05 bits per heavy atom. The van der Waals surface area contributed by atoms with Crippen molar-refractivity contribution in [3.63, 3.8) is 0 Å². The first-order valence-electron chi connectivity index (χ1n) is 5.60. The highest BCUT2D eigenvalue weighted by atomic mass is 79.9. The minimum absolute atomic E-state index is 0.227. The molecule has 0 radical (unpaired) electrons. The van der Waals surface area contributed by atoms with E-state index in [-0.39, 0.29) is 5.91 Å². The Bertz CT molecular complexity index is 643. The van der Waals surface area contributed by atoms with Crippen LogP contribution in [0.2, 0.25) is 5.02 Å². The number of amides is 1. The highest BCUT2D eigenvalue weighted by molar-refractivity contribution is 9.10. The summed E-state index contributed by atoms with van der Waals surface area (Å²) in [7, 11) is 0. The number of hydrogen-bond donors (Lipinski definition) is 2. The third kappa shape index (κ3) is 3.08. The molecule has 0 aliphatic heterocycles. The van der Waals surface area contributed by atoms with E-state index in [1.54, 1.807) is 30.3 Å². The second-order valence-corrected chi connectivity index (χ2v) is 5.33. The van der Waals surface area contributed by atoms with Crippen molar-refractivity contribution in [2.75, 3.05) is 11.1 Å². The van der Waals surface area contributed by atoms with E-state index in [1.165, 1.54) is 0 Å². The summed E-state index contributed by atoms with van der Waals surface area (Å²) in [5.74, 6) is -0.227. The summed E-state index contributed by atoms with van der Waals surface area (Å²) in [4.78, 5) is 12.1. The van der Waals surface area contributed by atoms with Gasteiger partial charge in [-0.1, -0.05) is 23.7 Å². The van der Waals surface area contributed by atoms with Crippen LogP contribution in [0.25, 0.3) is 0 Å². The summed E-state index contributed by atoms with van der Waals surface area (Å²) in [6.07, 6.45) is 0. The average molecular weight is 340 g/mol. The number of nitrogens with one attached hydrogen (secondary N) is 1. The van der Waals surface area contributed by atoms with E-state index in [1.807, 2.05) is 13.0 Å². The highest BCUT2D eigenvalue weighted by Gasteiger charge is 2.10. The van der Waals surface area contributed by atoms with Gasteiger partial charge in [0.15, 0.2) is 0 Å². The number of carbonyl (C=O) groups excluding carboxylic acids is 1. The van der Waals surface area contributed by atoms with E-state index in [2.05, 4.69) is 21.2 Å². The molecule has 0 bridgehead atoms. The van der Waals surface area contributed by atoms with E-state index in [0.29, 0.717) is 26.4 Å². The van der Waals surface area contributed by atoms with Gasteiger partial charge in [0.2, 0.25) is 0 Å². The second kappa shape index (κ2) is 5.63. The lowest BCUT2D eigenvalue weighted by molar-refractivity contribution is 0.102. The first-order chi connectivity index (χ1) is 8.99. The molecule has 0 aromatic heterocycles. The molecule has 98 valence electrons. The third-order valence-corrected chi connectivity index (χ3v) is 4.14. The molecule has 0 unspecified atom stereocenters. The molecular formula is C14H12BrClN2O. The van der Waals surface area contributed by atoms with Gasteiger partial charge in [0.1, 0.15) is 0 Å². The Kier molecular flexibility index (Phi) is 4.12. The van der Waals surface area contributed by atoms with Crippen molar-refractivity contribution < 1.29 is 4.79 Å². The summed E-state index contributed by atoms with van der Waals surface area (Å²) in [6, 6.07) is 10.5. The molecule has 2 aromatic rings. The molecule has 3 N–H and O–H groups in total. The van der Waals surface area contributed by atoms with Crippen LogP contribution in [0.5, 0.6) is 0 Å². The van der Waals surface area contributed by atoms with Crippen molar-refractivity contribution in [3.05, 3.63) is 57.0 Å². The van der Waals surface area contributed by atoms with Gasteiger partial charge in [0.25, 0.3) is 5.91 Å². The summed E-state index contributed by atoms with van der Waals surface area (Å²) < 4.78 is 0.658. The van der Waals surface area contributed by atoms with Gasteiger partial charge in [0, 0.05) is 11.3 Å². The summed E-state index contributed by atoms with van der Waals surface area (Å²) in [5.41, 5.74) is 8.47. The minimum Gasteiger partial charge on any atom is -0.398 e. The number of anilines is 2. The zero-order chi connectivity index (χ0) is 14.0. The number of carbonyl (C=O) groups is 1. The number of aryl methyl sites for hydroxylation is 1. The van der Waals surface area contributed by atoms with Gasteiger partial charge in [0.05, 0.1) is 15.2 Å². The summed E-state index contributed by atoms with van der Waals surface area (Å²) >= 11 is 9.31. The van der Waals surface area contributed by atoms with Crippen LogP contribution in [0, 0.1) is 6.92 Å². The number of nitrogen functional groups attached to an aromatic ring is 1. The minimum atomic E-state index is -0.227. The van der Waals surface area contributed by atoms with E-state index in [4.69, 9.17) is 17.3 Å². The quantitative estimate of drug-likeness (QED) is 0.804. The first-order valence-corrected chi connectivity index (χ1v) is 6.77. The van der Waals surface area contributed by atoms with Gasteiger partial charge in [-0.3, -0.25) is 4.79 Å². The zero-order valence-corrected chi connectivity index (χ0v) is 12.5. The Morgan fingerprint density at radius 1 is 1.32 bits per heavy atom. The van der Waals surface area contributed by atoms with Gasteiger partial charge in [-0.2, -0.15) is 0 Å². The SMILES string of the molecule is Cc1ccc(C(=O)Nc2cccc(Cl)c2Br)cc1N. The standard InChI is InChI=1S/C14H12BrClN2O/c1-8-5-6-9(7-11(8)17)14(19)18-12-4-2-3-10(16)13(12)15/h2-7H,17H2,1H3,(H,18,19). The van der Waals surface area contributed by atoms with Crippen molar-refractivity contribution in [2.45, 2.75) is 6.92 Å². The molecule has 2 rings (SSSR count). The predicted molar refractivity (Wildman–Crippen MR) is 82.7 cm³/mol. The molecule has 0 saturated heterocycles. The number of nitrogens with two attached hydrogens (primary N) is 1. The van der Waals surface area contributed by atoms with Crippen molar-refractivity contribution >= 4 is 44.8 Å². The normalized spacial score (nSPS) is 10.3. The number of halogens is 2. The van der Waals surface area contributed by atoms with Gasteiger partial charge in [-0.15, -0.1) is 0 Å². The second-order valence-electron chi connectivity index (χ2n) is 4.13. The molecule has 1 amide bonds. The molecule has 0 spiro atoms. The summed E-state index contributed by atoms with van der Waals surface area (Å²) in [5, 5.41) is 3.33. The van der Waals surface area contributed by atoms with Crippen molar-refractivity contribution in [1.29, 1.82) is 0 Å². The molecule has 2 aromatic carbocycles. The van der Waals surface area contributed by atoms with Crippen LogP contribution in [0.1, 0.15) is 15.9 Å². The highest BCUT2D eigenvalue weighted by Crippen LogP contribution is 2.30. The molecule has 0 saturated carbocycles. The largest absolute Gasteiger partial charge is 0.398 e. The Hall–Kier alpha value is -1.52. The maximum absolute atomic E-state index is 12.1. The van der Waals surface area contributed by atoms with Crippen LogP contribution in [0.3, 0.4) is 0 Å². The number of rotatable bonds is 2. The van der Waals surface area contributed by atoms with Crippen LogP contribution in [-0.4, -0.2) is 5.91 Å². The molecule has 5 heteroatoms. The molecule has 19 heavy (non-hydrogen) atoms. The Balaban J connectivity index is 2.26.